The van der Waals surface area contributed by atoms with Crippen molar-refractivity contribution >= 4 is 62.3 Å². The molecule has 1 atom stereocenters. The van der Waals surface area contributed by atoms with E-state index < -0.39 is 17.0 Å². The van der Waals surface area contributed by atoms with Crippen LogP contribution in [0.15, 0.2) is 85.1 Å². The van der Waals surface area contributed by atoms with Gasteiger partial charge in [0.1, 0.15) is 34.1 Å². The molecule has 1 saturated heterocycles. The monoisotopic (exact) mass is 808 g/mol. The number of hydrogen-bond acceptors (Lipinski definition) is 10. The minimum Gasteiger partial charge on any atom is -0.496 e. The molecule has 1 unspecified atom stereocenters. The van der Waals surface area contributed by atoms with Crippen molar-refractivity contribution in [3.63, 3.8) is 0 Å². The first-order valence-electron chi connectivity index (χ1n) is 19.0. The third kappa shape index (κ3) is 10.5. The fourth-order valence-electron chi connectivity index (χ4n) is 6.62. The predicted octanol–water partition coefficient (Wildman–Crippen LogP) is 7.41. The van der Waals surface area contributed by atoms with Crippen LogP contribution in [0, 0.1) is 0 Å². The highest BCUT2D eigenvalue weighted by Crippen LogP contribution is 2.40. The highest BCUT2D eigenvalue weighted by atomic mass is 32.2. The fraction of sp³-hybridized carbons (Fsp3) is 0.326. The first kappa shape index (κ1) is 41.7. The number of fused-ring (bicyclic) bond motifs is 1. The second-order valence-corrected chi connectivity index (χ2v) is 16.2. The Labute approximate surface area is 342 Å². The zero-order valence-electron chi connectivity index (χ0n) is 34.0. The van der Waals surface area contributed by atoms with Gasteiger partial charge in [0.05, 0.1) is 36.8 Å². The van der Waals surface area contributed by atoms with E-state index in [0.29, 0.717) is 63.7 Å². The molecule has 0 spiro atoms. The van der Waals surface area contributed by atoms with Crippen molar-refractivity contribution in [1.29, 1.82) is 0 Å². The van der Waals surface area contributed by atoms with Crippen LogP contribution >= 0.6 is 0 Å². The molecule has 1 aliphatic heterocycles. The number of aromatic nitrogens is 1. The lowest BCUT2D eigenvalue weighted by Crippen LogP contribution is -2.46. The van der Waals surface area contributed by atoms with Crippen LogP contribution in [0.5, 0.6) is 23.0 Å². The summed E-state index contributed by atoms with van der Waals surface area (Å²) in [6, 6.07) is 23.3. The van der Waals surface area contributed by atoms with Gasteiger partial charge in [0, 0.05) is 80.3 Å². The molecule has 4 aromatic carbocycles. The Morgan fingerprint density at radius 1 is 0.828 bits per heavy atom. The van der Waals surface area contributed by atoms with Crippen LogP contribution in [0.4, 0.5) is 33.4 Å². The standard InChI is InChI=1S/C43H52N8O6S/c1-43(2,3)28-24-35(40(56-6)36(25-28)49-58(7)54)48-42(53)47-34-14-15-37(32-11-9-8-10-31(32)34)57-30-16-17-44-39(27-30)46-29-12-13-33(38(26-29)55-5)41(52)45-18-19-51-22-20-50(4)21-23-51/h8-17,24-27,49H,18-23H2,1-7H3,(H,44,46)(H,45,52)(H2,47,48,53). The zero-order chi connectivity index (χ0) is 41.4. The third-order valence-corrected chi connectivity index (χ3v) is 10.3. The summed E-state index contributed by atoms with van der Waals surface area (Å²) in [5.74, 6) is 2.25. The topological polar surface area (TPSA) is 158 Å². The molecular formula is C43H52N8O6S. The quantitative estimate of drug-likeness (QED) is 0.0765. The Morgan fingerprint density at radius 2 is 1.55 bits per heavy atom. The Balaban J connectivity index is 1.13. The Hall–Kier alpha value is -5.90. The van der Waals surface area contributed by atoms with Crippen LogP contribution in [0.25, 0.3) is 10.8 Å². The van der Waals surface area contributed by atoms with Gasteiger partial charge in [-0.3, -0.25) is 9.69 Å². The van der Waals surface area contributed by atoms with Gasteiger partial charge in [0.2, 0.25) is 0 Å². The van der Waals surface area contributed by atoms with E-state index in [-0.39, 0.29) is 11.3 Å². The molecule has 1 fully saturated rings. The van der Waals surface area contributed by atoms with Crippen LogP contribution in [0.3, 0.4) is 0 Å². The Bertz CT molecular complexity index is 2290. The number of anilines is 5. The number of rotatable bonds is 14. The number of benzene rings is 4. The van der Waals surface area contributed by atoms with Crippen LogP contribution in [-0.4, -0.2) is 97.7 Å². The number of nitrogens with zero attached hydrogens (tertiary/aromatic N) is 3. The maximum absolute atomic E-state index is 13.5. The van der Waals surface area contributed by atoms with Gasteiger partial charge in [0.15, 0.2) is 5.75 Å². The molecule has 2 heterocycles. The van der Waals surface area contributed by atoms with E-state index in [1.54, 1.807) is 49.7 Å². The molecule has 15 heteroatoms. The summed E-state index contributed by atoms with van der Waals surface area (Å²) in [5, 5.41) is 13.7. The van der Waals surface area contributed by atoms with Crippen LogP contribution in [0.1, 0.15) is 36.7 Å². The number of likely N-dealkylation sites (N-methyl/N-ethyl adjacent to an activating group) is 1. The molecule has 58 heavy (non-hydrogen) atoms. The fourth-order valence-corrected chi connectivity index (χ4v) is 7.08. The van der Waals surface area contributed by atoms with Crippen LogP contribution < -0.4 is 40.2 Å². The molecule has 1 aliphatic rings. The maximum atomic E-state index is 13.5. The lowest BCUT2D eigenvalue weighted by atomic mass is 9.86. The number of piperazine rings is 1. The number of urea groups is 1. The van der Waals surface area contributed by atoms with Gasteiger partial charge in [-0.15, -0.1) is 0 Å². The number of carbonyl (C=O) groups excluding carboxylic acids is 2. The molecule has 306 valence electrons. The van der Waals surface area contributed by atoms with Crippen molar-refractivity contribution in [1.82, 2.24) is 20.1 Å². The van der Waals surface area contributed by atoms with Crippen LogP contribution in [0.2, 0.25) is 0 Å². The number of ether oxygens (including phenoxy) is 3. The number of methoxy groups -OCH3 is 2. The van der Waals surface area contributed by atoms with E-state index >= 15 is 0 Å². The number of nitrogens with one attached hydrogen (secondary N) is 5. The van der Waals surface area contributed by atoms with Crippen molar-refractivity contribution in [3.05, 3.63) is 96.2 Å². The van der Waals surface area contributed by atoms with Gasteiger partial charge in [-0.05, 0) is 60.5 Å². The normalized spacial score (nSPS) is 14.0. The molecule has 5 aromatic rings. The molecular weight excluding hydrogens is 757 g/mol. The van der Waals surface area contributed by atoms with Gasteiger partial charge < -0.3 is 45.1 Å². The molecule has 6 rings (SSSR count). The summed E-state index contributed by atoms with van der Waals surface area (Å²) in [6.07, 6.45) is 3.17. The molecule has 0 saturated carbocycles. The molecule has 1 aromatic heterocycles. The van der Waals surface area contributed by atoms with E-state index in [0.717, 1.165) is 49.1 Å². The molecule has 5 N–H and O–H groups in total. The zero-order valence-corrected chi connectivity index (χ0v) is 34.8. The van der Waals surface area contributed by atoms with Gasteiger partial charge in [-0.1, -0.05) is 45.0 Å². The van der Waals surface area contributed by atoms with E-state index in [2.05, 4.69) is 68.6 Å². The number of pyridine rings is 1. The average Bonchev–Trinajstić information content (AvgIpc) is 3.19. The minimum absolute atomic E-state index is 0.190. The number of amides is 3. The smallest absolute Gasteiger partial charge is 0.323 e. The molecule has 0 aliphatic carbocycles. The summed E-state index contributed by atoms with van der Waals surface area (Å²) in [6.45, 7) is 11.6. The predicted molar refractivity (Wildman–Crippen MR) is 233 cm³/mol. The van der Waals surface area contributed by atoms with Crippen molar-refractivity contribution in [2.75, 3.05) is 87.5 Å². The lowest BCUT2D eigenvalue weighted by molar-refractivity contribution is 0.0938. The lowest BCUT2D eigenvalue weighted by Gasteiger charge is -2.32. The Kier molecular flexibility index (Phi) is 13.4. The summed E-state index contributed by atoms with van der Waals surface area (Å²) in [4.78, 5) is 35.7. The number of hydrogen-bond donors (Lipinski definition) is 5. The maximum Gasteiger partial charge on any atom is 0.323 e. The van der Waals surface area contributed by atoms with Gasteiger partial charge in [-0.25, -0.2) is 14.0 Å². The average molecular weight is 809 g/mol. The van der Waals surface area contributed by atoms with Gasteiger partial charge >= 0.3 is 6.03 Å². The summed E-state index contributed by atoms with van der Waals surface area (Å²) in [5.41, 5.74) is 3.30. The summed E-state index contributed by atoms with van der Waals surface area (Å²) < 4.78 is 32.7. The first-order valence-corrected chi connectivity index (χ1v) is 20.6. The molecule has 0 radical (unpaired) electrons. The van der Waals surface area contributed by atoms with E-state index in [4.69, 9.17) is 14.2 Å². The number of carbonyl (C=O) groups is 2. The molecule has 3 amide bonds. The largest absolute Gasteiger partial charge is 0.496 e. The van der Waals surface area contributed by atoms with Crippen molar-refractivity contribution < 1.29 is 28.0 Å². The van der Waals surface area contributed by atoms with Gasteiger partial charge in [-0.2, -0.15) is 0 Å². The minimum atomic E-state index is -1.36. The van der Waals surface area contributed by atoms with Gasteiger partial charge in [0.25, 0.3) is 5.91 Å². The summed E-state index contributed by atoms with van der Waals surface area (Å²) in [7, 11) is 3.80. The second kappa shape index (κ2) is 18.6. The van der Waals surface area contributed by atoms with Crippen molar-refractivity contribution in [3.8, 4) is 23.0 Å². The van der Waals surface area contributed by atoms with E-state index in [9.17, 15) is 13.8 Å². The van der Waals surface area contributed by atoms with Crippen molar-refractivity contribution in [2.24, 2.45) is 0 Å². The molecule has 0 bridgehead atoms. The van der Waals surface area contributed by atoms with Crippen molar-refractivity contribution in [2.45, 2.75) is 26.2 Å². The first-order chi connectivity index (χ1) is 27.8. The third-order valence-electron chi connectivity index (χ3n) is 9.78. The second-order valence-electron chi connectivity index (χ2n) is 15.1. The summed E-state index contributed by atoms with van der Waals surface area (Å²) >= 11 is 0. The molecule has 14 nitrogen and oxygen atoms in total. The van der Waals surface area contributed by atoms with Crippen LogP contribution in [-0.2, 0) is 16.4 Å². The Morgan fingerprint density at radius 3 is 2.26 bits per heavy atom. The SMILES string of the molecule is COc1cc(Nc2cc(Oc3ccc(NC(=O)Nc4cc(C(C)(C)C)cc(NS(C)=O)c4OC)c4ccccc34)ccn2)ccc1C(=O)NCCN1CCN(C)CC1. The highest BCUT2D eigenvalue weighted by Gasteiger charge is 2.22. The van der Waals surface area contributed by atoms with E-state index in [1.165, 1.54) is 13.4 Å². The van der Waals surface area contributed by atoms with E-state index in [1.807, 2.05) is 42.5 Å². The highest BCUT2D eigenvalue weighted by molar-refractivity contribution is 7.85.